The number of hydrogen-bond acceptors (Lipinski definition) is 3. The van der Waals surface area contributed by atoms with Crippen LogP contribution in [0.4, 0.5) is 4.39 Å². The molecule has 0 saturated carbocycles. The van der Waals surface area contributed by atoms with Crippen LogP contribution in [0.5, 0.6) is 0 Å². The molecular weight excluding hydrogens is 411 g/mol. The Labute approximate surface area is 180 Å². The maximum Gasteiger partial charge on any atom is 0.254 e. The molecule has 0 bridgehead atoms. The zero-order valence-electron chi connectivity index (χ0n) is 16.6. The number of hydrogen-bond donors (Lipinski definition) is 0. The number of benzene rings is 2. The van der Waals surface area contributed by atoms with E-state index in [9.17, 15) is 14.0 Å². The number of amides is 2. The van der Waals surface area contributed by atoms with Gasteiger partial charge in [0.05, 0.1) is 5.25 Å². The Balaban J connectivity index is 1.79. The molecule has 1 aliphatic rings. The fraction of sp³-hybridized carbons (Fsp3) is 0.364. The molecule has 1 fully saturated rings. The first kappa shape index (κ1) is 21.7. The van der Waals surface area contributed by atoms with E-state index in [0.717, 1.165) is 5.56 Å². The molecule has 0 N–H and O–H groups in total. The van der Waals surface area contributed by atoms with Crippen molar-refractivity contribution in [1.82, 2.24) is 9.80 Å². The summed E-state index contributed by atoms with van der Waals surface area (Å²) in [5, 5.41) is 0.251. The monoisotopic (exact) mass is 434 g/mol. The van der Waals surface area contributed by atoms with E-state index in [4.69, 9.17) is 11.6 Å². The summed E-state index contributed by atoms with van der Waals surface area (Å²) >= 11 is 7.93. The van der Waals surface area contributed by atoms with Crippen LogP contribution in [-0.4, -0.2) is 46.0 Å². The van der Waals surface area contributed by atoms with Crippen molar-refractivity contribution in [2.45, 2.75) is 37.4 Å². The zero-order chi connectivity index (χ0) is 21.1. The van der Waals surface area contributed by atoms with Crippen LogP contribution in [0.25, 0.3) is 0 Å². The smallest absolute Gasteiger partial charge is 0.254 e. The molecule has 2 aromatic carbocycles. The molecule has 4 nitrogen and oxygen atoms in total. The van der Waals surface area contributed by atoms with Gasteiger partial charge >= 0.3 is 0 Å². The minimum absolute atomic E-state index is 0.0295. The van der Waals surface area contributed by atoms with Crippen LogP contribution in [0.1, 0.15) is 42.1 Å². The van der Waals surface area contributed by atoms with Crippen molar-refractivity contribution >= 4 is 35.2 Å². The largest absolute Gasteiger partial charge is 0.334 e. The van der Waals surface area contributed by atoms with Crippen LogP contribution in [0.2, 0.25) is 5.02 Å². The maximum absolute atomic E-state index is 13.6. The molecule has 154 valence electrons. The van der Waals surface area contributed by atoms with E-state index in [-0.39, 0.29) is 28.5 Å². The number of nitrogens with zero attached hydrogens (tertiary/aromatic N) is 2. The van der Waals surface area contributed by atoms with Gasteiger partial charge in [0.25, 0.3) is 5.91 Å². The van der Waals surface area contributed by atoms with Gasteiger partial charge in [-0.2, -0.15) is 0 Å². The summed E-state index contributed by atoms with van der Waals surface area (Å²) in [5.74, 6) is -0.666. The third-order valence-electron chi connectivity index (χ3n) is 4.96. The molecule has 1 heterocycles. The van der Waals surface area contributed by atoms with Crippen molar-refractivity contribution in [1.29, 1.82) is 0 Å². The highest BCUT2D eigenvalue weighted by Crippen LogP contribution is 2.44. The highest BCUT2D eigenvalue weighted by atomic mass is 35.5. The lowest BCUT2D eigenvalue weighted by Crippen LogP contribution is -2.43. The molecule has 1 saturated heterocycles. The van der Waals surface area contributed by atoms with Crippen molar-refractivity contribution in [3.05, 3.63) is 70.5 Å². The van der Waals surface area contributed by atoms with Gasteiger partial charge in [-0.05, 0) is 45.0 Å². The summed E-state index contributed by atoms with van der Waals surface area (Å²) in [6, 6.07) is 13.1. The van der Waals surface area contributed by atoms with E-state index in [1.165, 1.54) is 18.2 Å². The zero-order valence-corrected chi connectivity index (χ0v) is 18.2. The van der Waals surface area contributed by atoms with Crippen molar-refractivity contribution in [2.24, 2.45) is 0 Å². The third kappa shape index (κ3) is 4.75. The van der Waals surface area contributed by atoms with E-state index in [0.29, 0.717) is 23.7 Å². The van der Waals surface area contributed by atoms with Gasteiger partial charge in [0.15, 0.2) is 0 Å². The minimum Gasteiger partial charge on any atom is -0.334 e. The lowest BCUT2D eigenvalue weighted by atomic mass is 10.1. The van der Waals surface area contributed by atoms with E-state index in [1.54, 1.807) is 27.6 Å². The summed E-state index contributed by atoms with van der Waals surface area (Å²) in [7, 11) is 0. The average Bonchev–Trinajstić information content (AvgIpc) is 2.96. The SMILES string of the molecule is CC1SC(c2ccccc2Cl)N(CCN(C(=O)c2cccc(F)c2)C(C)C)C1=O. The molecule has 0 spiro atoms. The van der Waals surface area contributed by atoms with Crippen LogP contribution in [0.3, 0.4) is 0 Å². The summed E-state index contributed by atoms with van der Waals surface area (Å²) in [6.07, 6.45) is 0. The molecule has 2 atom stereocenters. The standard InChI is InChI=1S/C22H24ClFN2O2S/c1-14(2)25(21(28)16-7-6-8-17(24)13-16)11-12-26-20(27)15(3)29-22(26)18-9-4-5-10-19(18)23/h4-10,13-15,22H,11-12H2,1-3H3. The van der Waals surface area contributed by atoms with Gasteiger partial charge in [-0.15, -0.1) is 11.8 Å². The van der Waals surface area contributed by atoms with Crippen LogP contribution in [-0.2, 0) is 4.79 Å². The van der Waals surface area contributed by atoms with Crippen molar-refractivity contribution in [2.75, 3.05) is 13.1 Å². The first-order valence-electron chi connectivity index (χ1n) is 9.56. The van der Waals surface area contributed by atoms with E-state index >= 15 is 0 Å². The second-order valence-corrected chi connectivity index (χ2v) is 9.12. The van der Waals surface area contributed by atoms with Crippen molar-refractivity contribution < 1.29 is 14.0 Å². The van der Waals surface area contributed by atoms with Gasteiger partial charge in [-0.1, -0.05) is 35.9 Å². The molecule has 1 aliphatic heterocycles. The predicted molar refractivity (Wildman–Crippen MR) is 116 cm³/mol. The highest BCUT2D eigenvalue weighted by molar-refractivity contribution is 8.01. The van der Waals surface area contributed by atoms with Crippen molar-refractivity contribution in [3.8, 4) is 0 Å². The number of halogens is 2. The fourth-order valence-corrected chi connectivity index (χ4v) is 5.07. The first-order valence-corrected chi connectivity index (χ1v) is 10.9. The van der Waals surface area contributed by atoms with Gasteiger partial charge < -0.3 is 9.80 Å². The third-order valence-corrected chi connectivity index (χ3v) is 6.68. The summed E-state index contributed by atoms with van der Waals surface area (Å²) in [4.78, 5) is 29.1. The topological polar surface area (TPSA) is 40.6 Å². The normalized spacial score (nSPS) is 19.1. The Morgan fingerprint density at radius 1 is 1.24 bits per heavy atom. The first-order chi connectivity index (χ1) is 13.8. The minimum atomic E-state index is -0.446. The maximum atomic E-state index is 13.6. The van der Waals surface area contributed by atoms with E-state index < -0.39 is 5.82 Å². The number of thioether (sulfide) groups is 1. The molecule has 2 aromatic rings. The molecule has 0 aromatic heterocycles. The second-order valence-electron chi connectivity index (χ2n) is 7.29. The molecule has 0 radical (unpaired) electrons. The van der Waals surface area contributed by atoms with Crippen molar-refractivity contribution in [3.63, 3.8) is 0 Å². The highest BCUT2D eigenvalue weighted by Gasteiger charge is 2.39. The number of carbonyl (C=O) groups excluding carboxylic acids is 2. The Hall–Kier alpha value is -2.05. The van der Waals surface area contributed by atoms with Gasteiger partial charge in [0.1, 0.15) is 11.2 Å². The lowest BCUT2D eigenvalue weighted by Gasteiger charge is -2.31. The molecule has 7 heteroatoms. The second kappa shape index (κ2) is 9.18. The number of carbonyl (C=O) groups is 2. The molecular formula is C22H24ClFN2O2S. The van der Waals surface area contributed by atoms with Crippen LogP contribution < -0.4 is 0 Å². The van der Waals surface area contributed by atoms with Gasteiger partial charge in [0.2, 0.25) is 5.91 Å². The van der Waals surface area contributed by atoms with Gasteiger partial charge in [-0.25, -0.2) is 4.39 Å². The Bertz CT molecular complexity index is 908. The van der Waals surface area contributed by atoms with Crippen LogP contribution in [0, 0.1) is 5.82 Å². The summed E-state index contributed by atoms with van der Waals surface area (Å²) < 4.78 is 13.6. The predicted octanol–water partition coefficient (Wildman–Crippen LogP) is 4.99. The lowest BCUT2D eigenvalue weighted by molar-refractivity contribution is -0.130. The molecule has 29 heavy (non-hydrogen) atoms. The Morgan fingerprint density at radius 2 is 1.97 bits per heavy atom. The van der Waals surface area contributed by atoms with Crippen LogP contribution in [0.15, 0.2) is 48.5 Å². The average molecular weight is 435 g/mol. The van der Waals surface area contributed by atoms with E-state index in [1.807, 2.05) is 45.0 Å². The van der Waals surface area contributed by atoms with Crippen LogP contribution >= 0.6 is 23.4 Å². The Kier molecular flexibility index (Phi) is 6.85. The van der Waals surface area contributed by atoms with Gasteiger partial charge in [-0.3, -0.25) is 9.59 Å². The molecule has 3 rings (SSSR count). The fourth-order valence-electron chi connectivity index (χ4n) is 3.42. The summed E-state index contributed by atoms with van der Waals surface area (Å²) in [5.41, 5.74) is 1.20. The van der Waals surface area contributed by atoms with E-state index in [2.05, 4.69) is 0 Å². The Morgan fingerprint density at radius 3 is 2.62 bits per heavy atom. The molecule has 2 unspecified atom stereocenters. The quantitative estimate of drug-likeness (QED) is 0.642. The summed E-state index contributed by atoms with van der Waals surface area (Å²) in [6.45, 7) is 6.44. The molecule has 2 amide bonds. The van der Waals surface area contributed by atoms with Gasteiger partial charge in [0, 0.05) is 35.3 Å². The number of rotatable bonds is 6. The molecule has 0 aliphatic carbocycles.